The van der Waals surface area contributed by atoms with Gasteiger partial charge >= 0.3 is 0 Å². The fraction of sp³-hybridized carbons (Fsp3) is 0.261. The van der Waals surface area contributed by atoms with Crippen molar-refractivity contribution in [3.8, 4) is 0 Å². The van der Waals surface area contributed by atoms with E-state index in [2.05, 4.69) is 10.1 Å². The van der Waals surface area contributed by atoms with Gasteiger partial charge in [-0.15, -0.1) is 11.3 Å². The molecule has 3 heterocycles. The van der Waals surface area contributed by atoms with E-state index in [0.29, 0.717) is 36.1 Å². The SMILES string of the molecule is COCCN(Cc1ccccn1)C(=O)c1cc2c(C)nn(Cc3ccccc3Cl)c2s1. The highest BCUT2D eigenvalue weighted by molar-refractivity contribution is 7.20. The zero-order valence-corrected chi connectivity index (χ0v) is 19.0. The molecule has 0 aliphatic rings. The van der Waals surface area contributed by atoms with Crippen molar-refractivity contribution >= 4 is 39.1 Å². The average Bonchev–Trinajstić information content (AvgIpc) is 3.34. The summed E-state index contributed by atoms with van der Waals surface area (Å²) < 4.78 is 7.14. The number of benzene rings is 1. The van der Waals surface area contributed by atoms with Crippen LogP contribution in [-0.4, -0.2) is 45.8 Å². The lowest BCUT2D eigenvalue weighted by atomic mass is 10.2. The van der Waals surface area contributed by atoms with Crippen LogP contribution in [0.25, 0.3) is 10.2 Å². The van der Waals surface area contributed by atoms with Crippen LogP contribution in [0.5, 0.6) is 0 Å². The lowest BCUT2D eigenvalue weighted by Gasteiger charge is -2.21. The molecule has 0 spiro atoms. The van der Waals surface area contributed by atoms with Crippen molar-refractivity contribution in [1.29, 1.82) is 0 Å². The van der Waals surface area contributed by atoms with Gasteiger partial charge in [0.25, 0.3) is 5.91 Å². The number of pyridine rings is 1. The first-order valence-electron chi connectivity index (χ1n) is 9.95. The third-order valence-corrected chi connectivity index (χ3v) is 6.53. The Kier molecular flexibility index (Phi) is 6.65. The second-order valence-electron chi connectivity index (χ2n) is 7.20. The molecule has 0 atom stereocenters. The van der Waals surface area contributed by atoms with Gasteiger partial charge in [0.1, 0.15) is 4.83 Å². The van der Waals surface area contributed by atoms with E-state index in [1.165, 1.54) is 11.3 Å². The molecule has 4 rings (SSSR count). The minimum absolute atomic E-state index is 0.0346. The molecule has 1 amide bonds. The Morgan fingerprint density at radius 1 is 1.23 bits per heavy atom. The Morgan fingerprint density at radius 3 is 2.77 bits per heavy atom. The summed E-state index contributed by atoms with van der Waals surface area (Å²) in [5.74, 6) is -0.0346. The molecule has 6 nitrogen and oxygen atoms in total. The zero-order valence-electron chi connectivity index (χ0n) is 17.4. The van der Waals surface area contributed by atoms with Gasteiger partial charge in [0.05, 0.1) is 36.0 Å². The Bertz CT molecular complexity index is 1190. The molecule has 8 heteroatoms. The summed E-state index contributed by atoms with van der Waals surface area (Å²) in [4.78, 5) is 21.1. The largest absolute Gasteiger partial charge is 0.383 e. The molecule has 1 aromatic carbocycles. The fourth-order valence-electron chi connectivity index (χ4n) is 3.41. The van der Waals surface area contributed by atoms with Gasteiger partial charge < -0.3 is 9.64 Å². The van der Waals surface area contributed by atoms with Gasteiger partial charge in [0.2, 0.25) is 0 Å². The molecule has 0 aliphatic heterocycles. The van der Waals surface area contributed by atoms with E-state index in [9.17, 15) is 4.79 Å². The number of ether oxygens (including phenoxy) is 1. The summed E-state index contributed by atoms with van der Waals surface area (Å²) in [6.07, 6.45) is 1.74. The van der Waals surface area contributed by atoms with Crippen molar-refractivity contribution in [3.05, 3.63) is 81.6 Å². The molecule has 3 aromatic heterocycles. The number of amides is 1. The van der Waals surface area contributed by atoms with Crippen LogP contribution in [0.15, 0.2) is 54.7 Å². The summed E-state index contributed by atoms with van der Waals surface area (Å²) in [5, 5.41) is 6.36. The maximum atomic E-state index is 13.4. The Morgan fingerprint density at radius 2 is 2.03 bits per heavy atom. The first kappa shape index (κ1) is 21.5. The summed E-state index contributed by atoms with van der Waals surface area (Å²) in [7, 11) is 1.63. The molecule has 160 valence electrons. The van der Waals surface area contributed by atoms with Crippen molar-refractivity contribution in [2.24, 2.45) is 0 Å². The minimum atomic E-state index is -0.0346. The van der Waals surface area contributed by atoms with Crippen molar-refractivity contribution in [2.45, 2.75) is 20.0 Å². The summed E-state index contributed by atoms with van der Waals surface area (Å²) >= 11 is 7.79. The van der Waals surface area contributed by atoms with E-state index >= 15 is 0 Å². The number of thiophene rings is 1. The lowest BCUT2D eigenvalue weighted by Crippen LogP contribution is -2.33. The summed E-state index contributed by atoms with van der Waals surface area (Å²) in [6, 6.07) is 15.4. The second kappa shape index (κ2) is 9.60. The number of fused-ring (bicyclic) bond motifs is 1. The molecule has 0 bridgehead atoms. The van der Waals surface area contributed by atoms with E-state index in [-0.39, 0.29) is 5.91 Å². The van der Waals surface area contributed by atoms with Gasteiger partial charge in [-0.3, -0.25) is 14.5 Å². The monoisotopic (exact) mass is 454 g/mol. The quantitative estimate of drug-likeness (QED) is 0.384. The van der Waals surface area contributed by atoms with Crippen LogP contribution >= 0.6 is 22.9 Å². The lowest BCUT2D eigenvalue weighted by molar-refractivity contribution is 0.0683. The first-order chi connectivity index (χ1) is 15.1. The van der Waals surface area contributed by atoms with Gasteiger partial charge in [0, 0.05) is 30.3 Å². The van der Waals surface area contributed by atoms with E-state index in [0.717, 1.165) is 27.2 Å². The number of nitrogens with zero attached hydrogens (tertiary/aromatic N) is 4. The first-order valence-corrected chi connectivity index (χ1v) is 11.1. The van der Waals surface area contributed by atoms with E-state index < -0.39 is 0 Å². The topological polar surface area (TPSA) is 60.2 Å². The molecule has 0 radical (unpaired) electrons. The molecule has 0 aliphatic carbocycles. The number of carbonyl (C=O) groups is 1. The number of aryl methyl sites for hydroxylation is 1. The van der Waals surface area contributed by atoms with Crippen LogP contribution < -0.4 is 0 Å². The fourth-order valence-corrected chi connectivity index (χ4v) is 4.73. The Balaban J connectivity index is 1.63. The number of carbonyl (C=O) groups excluding carboxylic acids is 1. The standard InChI is InChI=1S/C23H23ClN4O2S/c1-16-19-13-21(22(29)27(11-12-30-2)15-18-8-5-6-10-25-18)31-23(19)28(26-16)14-17-7-3-4-9-20(17)24/h3-10,13H,11-12,14-15H2,1-2H3. The number of rotatable bonds is 8. The van der Waals surface area contributed by atoms with Crippen molar-refractivity contribution < 1.29 is 9.53 Å². The normalized spacial score (nSPS) is 11.2. The van der Waals surface area contributed by atoms with Crippen molar-refractivity contribution in [3.63, 3.8) is 0 Å². The predicted octanol–water partition coefficient (Wildman–Crippen LogP) is 4.79. The zero-order chi connectivity index (χ0) is 21.8. The molecule has 0 saturated carbocycles. The number of aromatic nitrogens is 3. The Hall–Kier alpha value is -2.74. The molecule has 0 unspecified atom stereocenters. The number of methoxy groups -OCH3 is 1. The highest BCUT2D eigenvalue weighted by Gasteiger charge is 2.22. The molecule has 0 N–H and O–H groups in total. The predicted molar refractivity (Wildman–Crippen MR) is 124 cm³/mol. The van der Waals surface area contributed by atoms with Crippen molar-refractivity contribution in [2.75, 3.05) is 20.3 Å². The maximum absolute atomic E-state index is 13.4. The van der Waals surface area contributed by atoms with Gasteiger partial charge in [-0.25, -0.2) is 0 Å². The number of hydrogen-bond acceptors (Lipinski definition) is 5. The second-order valence-corrected chi connectivity index (χ2v) is 8.64. The number of halogens is 1. The molecule has 0 fully saturated rings. The van der Waals surface area contributed by atoms with Crippen LogP contribution in [0, 0.1) is 6.92 Å². The van der Waals surface area contributed by atoms with Crippen LogP contribution in [-0.2, 0) is 17.8 Å². The summed E-state index contributed by atoms with van der Waals surface area (Å²) in [6.45, 7) is 3.90. The molecule has 4 aromatic rings. The van der Waals surface area contributed by atoms with Crippen LogP contribution in [0.1, 0.15) is 26.6 Å². The van der Waals surface area contributed by atoms with Gasteiger partial charge in [-0.2, -0.15) is 5.10 Å². The van der Waals surface area contributed by atoms with E-state index in [1.54, 1.807) is 18.2 Å². The Labute approximate surface area is 190 Å². The molecule has 0 saturated heterocycles. The van der Waals surface area contributed by atoms with Gasteiger partial charge in [0.15, 0.2) is 0 Å². The highest BCUT2D eigenvalue weighted by atomic mass is 35.5. The van der Waals surface area contributed by atoms with Crippen LogP contribution in [0.4, 0.5) is 0 Å². The smallest absolute Gasteiger partial charge is 0.264 e. The highest BCUT2D eigenvalue weighted by Crippen LogP contribution is 2.30. The van der Waals surface area contributed by atoms with Crippen LogP contribution in [0.2, 0.25) is 5.02 Å². The molecular weight excluding hydrogens is 432 g/mol. The van der Waals surface area contributed by atoms with E-state index in [1.807, 2.05) is 60.1 Å². The molecular formula is C23H23ClN4O2S. The van der Waals surface area contributed by atoms with E-state index in [4.69, 9.17) is 16.3 Å². The summed E-state index contributed by atoms with van der Waals surface area (Å²) in [5.41, 5.74) is 2.73. The van der Waals surface area contributed by atoms with Crippen LogP contribution in [0.3, 0.4) is 0 Å². The van der Waals surface area contributed by atoms with Crippen molar-refractivity contribution in [1.82, 2.24) is 19.7 Å². The average molecular weight is 455 g/mol. The third-order valence-electron chi connectivity index (χ3n) is 5.03. The third kappa shape index (κ3) is 4.79. The van der Waals surface area contributed by atoms with Gasteiger partial charge in [-0.05, 0) is 36.8 Å². The van der Waals surface area contributed by atoms with Gasteiger partial charge in [-0.1, -0.05) is 35.9 Å². The maximum Gasteiger partial charge on any atom is 0.264 e. The minimum Gasteiger partial charge on any atom is -0.383 e. The number of hydrogen-bond donors (Lipinski definition) is 0. The molecule has 31 heavy (non-hydrogen) atoms.